The number of hydrogen-bond acceptors (Lipinski definition) is 4. The molecular weight excluding hydrogens is 453 g/mol. The number of carbonyl (C=O) groups is 1. The molecule has 3 aromatic rings. The van der Waals surface area contributed by atoms with Gasteiger partial charge in [-0.05, 0) is 56.2 Å². The monoisotopic (exact) mass is 477 g/mol. The van der Waals surface area contributed by atoms with Crippen molar-refractivity contribution in [3.8, 4) is 0 Å². The molecule has 4 rings (SSSR count). The second-order valence-electron chi connectivity index (χ2n) is 8.11. The van der Waals surface area contributed by atoms with E-state index in [9.17, 15) is 17.6 Å². The Morgan fingerprint density at radius 2 is 1.53 bits per heavy atom. The summed E-state index contributed by atoms with van der Waals surface area (Å²) in [5.74, 6) is -0.299. The number of ketones is 1. The predicted octanol–water partition coefficient (Wildman–Crippen LogP) is 5.46. The van der Waals surface area contributed by atoms with Crippen LogP contribution in [0, 0.1) is 12.7 Å². The quantitative estimate of drug-likeness (QED) is 0.512. The minimum atomic E-state index is -4.00. The Bertz CT molecular complexity index is 1390. The molecule has 174 valence electrons. The average Bonchev–Trinajstić information content (AvgIpc) is 3.16. The van der Waals surface area contributed by atoms with Crippen LogP contribution in [0.1, 0.15) is 36.6 Å². The van der Waals surface area contributed by atoms with Gasteiger partial charge in [0.1, 0.15) is 11.6 Å². The largest absolute Gasteiger partial charge is 0.485 e. The maximum atomic E-state index is 13.6. The van der Waals surface area contributed by atoms with Crippen molar-refractivity contribution in [3.63, 3.8) is 0 Å². The molecule has 0 aromatic heterocycles. The Kier molecular flexibility index (Phi) is 6.39. The van der Waals surface area contributed by atoms with Crippen LogP contribution >= 0.6 is 0 Å². The van der Waals surface area contributed by atoms with Crippen molar-refractivity contribution in [3.05, 3.63) is 118 Å². The predicted molar refractivity (Wildman–Crippen MR) is 128 cm³/mol. The van der Waals surface area contributed by atoms with Gasteiger partial charge in [-0.2, -0.15) is 0 Å². The van der Waals surface area contributed by atoms with E-state index in [0.717, 1.165) is 5.56 Å². The van der Waals surface area contributed by atoms with E-state index in [1.807, 2.05) is 13.0 Å². The summed E-state index contributed by atoms with van der Waals surface area (Å²) in [5.41, 5.74) is 3.00. The minimum Gasteiger partial charge on any atom is -0.485 e. The van der Waals surface area contributed by atoms with Gasteiger partial charge in [0.25, 0.3) is 10.0 Å². The van der Waals surface area contributed by atoms with E-state index >= 15 is 0 Å². The van der Waals surface area contributed by atoms with Crippen LogP contribution < -0.4 is 4.72 Å². The molecular formula is C27H24FNO4S. The summed E-state index contributed by atoms with van der Waals surface area (Å²) in [5, 5.41) is 0. The highest BCUT2D eigenvalue weighted by Crippen LogP contribution is 2.44. The lowest BCUT2D eigenvalue weighted by molar-refractivity contribution is -0.113. The van der Waals surface area contributed by atoms with Crippen LogP contribution in [0.3, 0.4) is 0 Å². The Morgan fingerprint density at radius 1 is 0.912 bits per heavy atom. The molecule has 34 heavy (non-hydrogen) atoms. The first-order valence-corrected chi connectivity index (χ1v) is 12.2. The van der Waals surface area contributed by atoms with Crippen molar-refractivity contribution in [2.24, 2.45) is 0 Å². The number of allylic oxidation sites excluding steroid dienone is 1. The first-order valence-electron chi connectivity index (χ1n) is 10.7. The number of sulfonamides is 1. The molecule has 0 saturated carbocycles. The van der Waals surface area contributed by atoms with Gasteiger partial charge < -0.3 is 4.74 Å². The molecule has 0 fully saturated rings. The molecule has 0 aliphatic carbocycles. The molecule has 0 amide bonds. The van der Waals surface area contributed by atoms with Crippen molar-refractivity contribution in [1.82, 2.24) is 4.72 Å². The fourth-order valence-corrected chi connectivity index (χ4v) is 5.07. The summed E-state index contributed by atoms with van der Waals surface area (Å²) in [6.07, 6.45) is -0.796. The van der Waals surface area contributed by atoms with E-state index in [1.54, 1.807) is 55.5 Å². The summed E-state index contributed by atoms with van der Waals surface area (Å²) >= 11 is 0. The highest BCUT2D eigenvalue weighted by molar-refractivity contribution is 7.89. The van der Waals surface area contributed by atoms with Crippen molar-refractivity contribution < 1.29 is 22.3 Å². The lowest BCUT2D eigenvalue weighted by atomic mass is 9.91. The van der Waals surface area contributed by atoms with Crippen LogP contribution in [0.4, 0.5) is 4.39 Å². The lowest BCUT2D eigenvalue weighted by Crippen LogP contribution is -2.25. The van der Waals surface area contributed by atoms with E-state index in [2.05, 4.69) is 4.72 Å². The number of Topliss-reactive ketones (excluding diaryl/α,β-unsaturated/α-hetero) is 1. The van der Waals surface area contributed by atoms with Crippen LogP contribution in [-0.4, -0.2) is 14.2 Å². The van der Waals surface area contributed by atoms with E-state index in [-0.39, 0.29) is 16.4 Å². The average molecular weight is 478 g/mol. The van der Waals surface area contributed by atoms with Gasteiger partial charge >= 0.3 is 0 Å². The number of ether oxygens (including phenoxy) is 1. The Morgan fingerprint density at radius 3 is 2.12 bits per heavy atom. The van der Waals surface area contributed by atoms with Gasteiger partial charge in [-0.3, -0.25) is 9.52 Å². The third-order valence-corrected chi connectivity index (χ3v) is 6.97. The molecule has 1 aliphatic heterocycles. The normalized spacial score (nSPS) is 17.4. The van der Waals surface area contributed by atoms with Crippen LogP contribution in [0.15, 0.2) is 101 Å². The molecule has 1 heterocycles. The van der Waals surface area contributed by atoms with Crippen molar-refractivity contribution in [2.45, 2.75) is 31.8 Å². The number of aryl methyl sites for hydroxylation is 1. The van der Waals surface area contributed by atoms with Crippen LogP contribution in [-0.2, 0) is 19.6 Å². The Hall–Kier alpha value is -3.71. The standard InChI is InChI=1S/C27H24FNO4S/c1-17-9-15-23(16-10-17)34(31,32)29-26(20-7-5-4-6-8-20)25-24(18(2)30)19(3)33-27(25)21-11-13-22(28)14-12-21/h4-16,27,29H,1-3H3/b26-25+. The second kappa shape index (κ2) is 9.27. The number of carbonyl (C=O) groups excluding carboxylic acids is 1. The molecule has 0 radical (unpaired) electrons. The van der Waals surface area contributed by atoms with Gasteiger partial charge in [0.2, 0.25) is 0 Å². The molecule has 0 bridgehead atoms. The number of nitrogens with one attached hydrogen (secondary N) is 1. The summed E-state index contributed by atoms with van der Waals surface area (Å²) < 4.78 is 49.2. The fourth-order valence-electron chi connectivity index (χ4n) is 3.97. The zero-order valence-electron chi connectivity index (χ0n) is 19.0. The van der Waals surface area contributed by atoms with Gasteiger partial charge in [0, 0.05) is 5.57 Å². The van der Waals surface area contributed by atoms with Gasteiger partial charge in [0.15, 0.2) is 11.9 Å². The molecule has 3 aromatic carbocycles. The first kappa shape index (κ1) is 23.4. The molecule has 1 atom stereocenters. The van der Waals surface area contributed by atoms with Gasteiger partial charge in [-0.25, -0.2) is 12.8 Å². The van der Waals surface area contributed by atoms with Crippen LogP contribution in [0.2, 0.25) is 0 Å². The van der Waals surface area contributed by atoms with E-state index in [0.29, 0.717) is 28.0 Å². The molecule has 0 saturated heterocycles. The summed E-state index contributed by atoms with van der Waals surface area (Å²) in [7, 11) is -4.00. The number of benzene rings is 3. The van der Waals surface area contributed by atoms with Crippen molar-refractivity contribution >= 4 is 21.5 Å². The zero-order valence-corrected chi connectivity index (χ0v) is 19.8. The molecule has 5 nitrogen and oxygen atoms in total. The first-order chi connectivity index (χ1) is 16.2. The van der Waals surface area contributed by atoms with Gasteiger partial charge in [0.05, 0.1) is 16.2 Å². The lowest BCUT2D eigenvalue weighted by Gasteiger charge is -2.21. The summed E-state index contributed by atoms with van der Waals surface area (Å²) in [6, 6.07) is 21.1. The third kappa shape index (κ3) is 4.65. The highest BCUT2D eigenvalue weighted by atomic mass is 32.2. The molecule has 1 N–H and O–H groups in total. The maximum absolute atomic E-state index is 13.6. The van der Waals surface area contributed by atoms with Gasteiger partial charge in [-0.15, -0.1) is 0 Å². The van der Waals surface area contributed by atoms with E-state index < -0.39 is 21.9 Å². The Balaban J connectivity index is 1.96. The summed E-state index contributed by atoms with van der Waals surface area (Å²) in [6.45, 7) is 4.95. The smallest absolute Gasteiger partial charge is 0.261 e. The highest BCUT2D eigenvalue weighted by Gasteiger charge is 2.37. The molecule has 7 heteroatoms. The molecule has 1 unspecified atom stereocenters. The van der Waals surface area contributed by atoms with E-state index in [4.69, 9.17) is 4.74 Å². The van der Waals surface area contributed by atoms with Crippen molar-refractivity contribution in [2.75, 3.05) is 0 Å². The van der Waals surface area contributed by atoms with Crippen LogP contribution in [0.25, 0.3) is 5.70 Å². The van der Waals surface area contributed by atoms with Crippen molar-refractivity contribution in [1.29, 1.82) is 0 Å². The molecule has 0 spiro atoms. The summed E-state index contributed by atoms with van der Waals surface area (Å²) in [4.78, 5) is 12.8. The number of hydrogen-bond donors (Lipinski definition) is 1. The van der Waals surface area contributed by atoms with Gasteiger partial charge in [-0.1, -0.05) is 60.2 Å². The maximum Gasteiger partial charge on any atom is 0.261 e. The molecule has 1 aliphatic rings. The number of halogens is 1. The fraction of sp³-hybridized carbons (Fsp3) is 0.148. The Labute approximate surface area is 198 Å². The topological polar surface area (TPSA) is 72.5 Å². The van der Waals surface area contributed by atoms with Crippen LogP contribution in [0.5, 0.6) is 0 Å². The third-order valence-electron chi connectivity index (χ3n) is 5.60. The number of rotatable bonds is 6. The SMILES string of the molecule is CC(=O)C1=C(C)OC(c2ccc(F)cc2)/C1=C(/NS(=O)(=O)c1ccc(C)cc1)c1ccccc1. The zero-order chi connectivity index (χ0) is 24.5. The second-order valence-corrected chi connectivity index (χ2v) is 9.79. The minimum absolute atomic E-state index is 0.0921. The van der Waals surface area contributed by atoms with E-state index in [1.165, 1.54) is 31.2 Å².